The predicted molar refractivity (Wildman–Crippen MR) is 88.6 cm³/mol. The van der Waals surface area contributed by atoms with Gasteiger partial charge < -0.3 is 11.1 Å². The molecule has 0 radical (unpaired) electrons. The van der Waals surface area contributed by atoms with E-state index in [9.17, 15) is 4.79 Å². The number of primary amides is 1. The van der Waals surface area contributed by atoms with Gasteiger partial charge in [0.25, 0.3) is 0 Å². The zero-order valence-corrected chi connectivity index (χ0v) is 14.0. The molecule has 0 aliphatic rings. The Balaban J connectivity index is 2.29. The first-order chi connectivity index (χ1) is 9.47. The molecule has 2 rings (SSSR count). The van der Waals surface area contributed by atoms with Crippen LogP contribution in [0, 0.1) is 6.92 Å². The van der Waals surface area contributed by atoms with Gasteiger partial charge in [0.2, 0.25) is 5.91 Å². The Kier molecular flexibility index (Phi) is 4.83. The predicted octanol–water partition coefficient (Wildman–Crippen LogP) is 4.16. The van der Waals surface area contributed by atoms with Crippen molar-refractivity contribution in [1.29, 1.82) is 0 Å². The summed E-state index contributed by atoms with van der Waals surface area (Å²) in [5.74, 6) is -0.408. The molecule has 0 saturated carbocycles. The Bertz CT molecular complexity index is 626. The number of carbonyl (C=O) groups is 1. The molecule has 0 heterocycles. The number of nitrogens with one attached hydrogen (secondary N) is 1. The van der Waals surface area contributed by atoms with Gasteiger partial charge in [-0.2, -0.15) is 0 Å². The Morgan fingerprint density at radius 2 is 1.80 bits per heavy atom. The minimum Gasteiger partial charge on any atom is -0.370 e. The molecule has 0 spiro atoms. The number of anilines is 1. The van der Waals surface area contributed by atoms with Gasteiger partial charge in [-0.15, -0.1) is 0 Å². The maximum Gasteiger partial charge on any atom is 0.244 e. The molecule has 104 valence electrons. The van der Waals surface area contributed by atoms with Crippen LogP contribution in [0.15, 0.2) is 51.4 Å². The quantitative estimate of drug-likeness (QED) is 0.813. The number of rotatable bonds is 4. The third-order valence-electron chi connectivity index (χ3n) is 2.96. The first-order valence-electron chi connectivity index (χ1n) is 6.05. The summed E-state index contributed by atoms with van der Waals surface area (Å²) >= 11 is 6.83. The minimum atomic E-state index is -0.553. The maximum atomic E-state index is 11.7. The van der Waals surface area contributed by atoms with Gasteiger partial charge in [-0.25, -0.2) is 0 Å². The van der Waals surface area contributed by atoms with Gasteiger partial charge in [-0.3, -0.25) is 4.79 Å². The fourth-order valence-electron chi connectivity index (χ4n) is 1.88. The van der Waals surface area contributed by atoms with E-state index in [4.69, 9.17) is 5.73 Å². The molecule has 1 amide bonds. The molecular weight excluding hydrogens is 384 g/mol. The van der Waals surface area contributed by atoms with Gasteiger partial charge in [0, 0.05) is 14.6 Å². The van der Waals surface area contributed by atoms with Crippen molar-refractivity contribution in [3.8, 4) is 0 Å². The van der Waals surface area contributed by atoms with Gasteiger partial charge in [-0.1, -0.05) is 44.0 Å². The first-order valence-corrected chi connectivity index (χ1v) is 7.63. The molecule has 1 atom stereocenters. The lowest BCUT2D eigenvalue weighted by Gasteiger charge is -2.18. The number of halogens is 2. The highest BCUT2D eigenvalue weighted by Crippen LogP contribution is 2.25. The van der Waals surface area contributed by atoms with E-state index in [0.717, 1.165) is 25.8 Å². The van der Waals surface area contributed by atoms with E-state index in [1.165, 1.54) is 0 Å². The number of nitrogens with two attached hydrogens (primary N) is 1. The molecule has 0 fully saturated rings. The van der Waals surface area contributed by atoms with E-state index in [1.807, 2.05) is 49.4 Å². The van der Waals surface area contributed by atoms with E-state index in [2.05, 4.69) is 37.2 Å². The highest BCUT2D eigenvalue weighted by atomic mass is 79.9. The van der Waals surface area contributed by atoms with Crippen LogP contribution in [-0.4, -0.2) is 5.91 Å². The summed E-state index contributed by atoms with van der Waals surface area (Å²) in [5.41, 5.74) is 8.27. The summed E-state index contributed by atoms with van der Waals surface area (Å²) in [7, 11) is 0. The number of amides is 1. The molecular formula is C15H14Br2N2O. The number of benzene rings is 2. The summed E-state index contributed by atoms with van der Waals surface area (Å²) in [5, 5.41) is 3.16. The van der Waals surface area contributed by atoms with E-state index in [1.54, 1.807) is 0 Å². The highest BCUT2D eigenvalue weighted by Gasteiger charge is 2.18. The lowest BCUT2D eigenvalue weighted by molar-refractivity contribution is -0.118. The molecule has 20 heavy (non-hydrogen) atoms. The van der Waals surface area contributed by atoms with Gasteiger partial charge in [0.1, 0.15) is 6.04 Å². The van der Waals surface area contributed by atoms with Crippen molar-refractivity contribution in [2.45, 2.75) is 13.0 Å². The molecule has 0 aromatic heterocycles. The second-order valence-corrected chi connectivity index (χ2v) is 6.27. The summed E-state index contributed by atoms with van der Waals surface area (Å²) < 4.78 is 1.99. The van der Waals surface area contributed by atoms with E-state index < -0.39 is 11.9 Å². The minimum absolute atomic E-state index is 0.408. The van der Waals surface area contributed by atoms with Crippen molar-refractivity contribution in [1.82, 2.24) is 0 Å². The van der Waals surface area contributed by atoms with Crippen LogP contribution in [0.3, 0.4) is 0 Å². The fourth-order valence-corrected chi connectivity index (χ4v) is 2.39. The lowest BCUT2D eigenvalue weighted by Crippen LogP contribution is -2.27. The lowest BCUT2D eigenvalue weighted by atomic mass is 10.0. The standard InChI is InChI=1S/C15H14Br2N2O/c1-9-8-10(2-7-13(9)17)14(15(18)20)19-12-5-3-11(16)4-6-12/h2-8,14,19H,1H3,(H2,18,20). The average molecular weight is 398 g/mol. The number of hydrogen-bond donors (Lipinski definition) is 2. The summed E-state index contributed by atoms with van der Waals surface area (Å²) in [6.45, 7) is 1.98. The molecule has 0 aliphatic carbocycles. The van der Waals surface area contributed by atoms with Crippen LogP contribution in [0.1, 0.15) is 17.2 Å². The number of carbonyl (C=O) groups excluding carboxylic acids is 1. The van der Waals surface area contributed by atoms with Crippen molar-refractivity contribution in [2.24, 2.45) is 5.73 Å². The van der Waals surface area contributed by atoms with Crippen LogP contribution < -0.4 is 11.1 Å². The highest BCUT2D eigenvalue weighted by molar-refractivity contribution is 9.10. The van der Waals surface area contributed by atoms with Gasteiger partial charge >= 0.3 is 0 Å². The summed E-state index contributed by atoms with van der Waals surface area (Å²) in [4.78, 5) is 11.7. The zero-order valence-electron chi connectivity index (χ0n) is 10.9. The third kappa shape index (κ3) is 3.61. The molecule has 1 unspecified atom stereocenters. The number of hydrogen-bond acceptors (Lipinski definition) is 2. The SMILES string of the molecule is Cc1cc(C(Nc2ccc(Br)cc2)C(N)=O)ccc1Br. The zero-order chi connectivity index (χ0) is 14.7. The second kappa shape index (κ2) is 6.41. The van der Waals surface area contributed by atoms with Crippen molar-refractivity contribution in [3.05, 3.63) is 62.5 Å². The van der Waals surface area contributed by atoms with Gasteiger partial charge in [0.15, 0.2) is 0 Å². The Hall–Kier alpha value is -1.33. The van der Waals surface area contributed by atoms with E-state index in [0.29, 0.717) is 0 Å². The van der Waals surface area contributed by atoms with Gasteiger partial charge in [-0.05, 0) is 48.4 Å². The molecule has 0 bridgehead atoms. The Labute approximate surface area is 134 Å². The maximum absolute atomic E-state index is 11.7. The summed E-state index contributed by atoms with van der Waals surface area (Å²) in [6, 6.07) is 12.8. The molecule has 3 N–H and O–H groups in total. The first kappa shape index (κ1) is 15.1. The summed E-state index contributed by atoms with van der Waals surface area (Å²) in [6.07, 6.45) is 0. The van der Waals surface area contributed by atoms with Crippen LogP contribution >= 0.6 is 31.9 Å². The van der Waals surface area contributed by atoms with Crippen LogP contribution in [0.5, 0.6) is 0 Å². The van der Waals surface area contributed by atoms with Crippen molar-refractivity contribution in [2.75, 3.05) is 5.32 Å². The second-order valence-electron chi connectivity index (χ2n) is 4.50. The van der Waals surface area contributed by atoms with Crippen LogP contribution in [0.25, 0.3) is 0 Å². The molecule has 0 aliphatic heterocycles. The Morgan fingerprint density at radius 3 is 2.35 bits per heavy atom. The molecule has 5 heteroatoms. The van der Waals surface area contributed by atoms with Crippen LogP contribution in [0.4, 0.5) is 5.69 Å². The number of aryl methyl sites for hydroxylation is 1. The molecule has 3 nitrogen and oxygen atoms in total. The van der Waals surface area contributed by atoms with Crippen molar-refractivity contribution < 1.29 is 4.79 Å². The van der Waals surface area contributed by atoms with Crippen molar-refractivity contribution in [3.63, 3.8) is 0 Å². The topological polar surface area (TPSA) is 55.1 Å². The fraction of sp³-hybridized carbons (Fsp3) is 0.133. The van der Waals surface area contributed by atoms with E-state index >= 15 is 0 Å². The Morgan fingerprint density at radius 1 is 1.15 bits per heavy atom. The normalized spacial score (nSPS) is 11.9. The average Bonchev–Trinajstić information content (AvgIpc) is 2.41. The van der Waals surface area contributed by atoms with Crippen LogP contribution in [0.2, 0.25) is 0 Å². The largest absolute Gasteiger partial charge is 0.370 e. The van der Waals surface area contributed by atoms with E-state index in [-0.39, 0.29) is 0 Å². The monoisotopic (exact) mass is 396 g/mol. The van der Waals surface area contributed by atoms with Crippen LogP contribution in [-0.2, 0) is 4.79 Å². The molecule has 2 aromatic carbocycles. The third-order valence-corrected chi connectivity index (χ3v) is 4.37. The van der Waals surface area contributed by atoms with Gasteiger partial charge in [0.05, 0.1) is 0 Å². The molecule has 2 aromatic rings. The molecule has 0 saturated heterocycles. The smallest absolute Gasteiger partial charge is 0.244 e. The van der Waals surface area contributed by atoms with Crippen molar-refractivity contribution >= 4 is 43.5 Å².